The zero-order valence-electron chi connectivity index (χ0n) is 12.2. The molecule has 0 saturated heterocycles. The summed E-state index contributed by atoms with van der Waals surface area (Å²) < 4.78 is 4.76. The van der Waals surface area contributed by atoms with Crippen molar-refractivity contribution >= 4 is 17.6 Å². The summed E-state index contributed by atoms with van der Waals surface area (Å²) in [5.41, 5.74) is 4.65. The molecule has 0 bridgehead atoms. The molecule has 1 aromatic carbocycles. The highest BCUT2D eigenvalue weighted by Crippen LogP contribution is 2.18. The van der Waals surface area contributed by atoms with Gasteiger partial charge in [-0.2, -0.15) is 10.2 Å². The van der Waals surface area contributed by atoms with E-state index in [2.05, 4.69) is 37.5 Å². The van der Waals surface area contributed by atoms with Gasteiger partial charge in [0, 0.05) is 19.8 Å². The number of benzene rings is 1. The molecule has 0 N–H and O–H groups in total. The monoisotopic (exact) mass is 283 g/mol. The second-order valence-corrected chi connectivity index (χ2v) is 5.19. The van der Waals surface area contributed by atoms with Crippen LogP contribution < -0.4 is 4.90 Å². The Labute approximate surface area is 123 Å². The lowest BCUT2D eigenvalue weighted by Crippen LogP contribution is -2.11. The Hall–Kier alpha value is -2.50. The molecule has 0 fully saturated rings. The first-order chi connectivity index (χ1) is 10.2. The number of aryl methyl sites for hydroxylation is 1. The molecular weight excluding hydrogens is 266 g/mol. The maximum atomic E-state index is 4.76. The molecule has 0 saturated carbocycles. The van der Waals surface area contributed by atoms with E-state index in [1.54, 1.807) is 6.21 Å². The zero-order chi connectivity index (χ0) is 14.7. The fourth-order valence-electron chi connectivity index (χ4n) is 2.25. The van der Waals surface area contributed by atoms with Crippen molar-refractivity contribution in [2.24, 2.45) is 10.2 Å². The summed E-state index contributed by atoms with van der Waals surface area (Å²) in [6.07, 6.45) is 4.51. The minimum Gasteiger partial charge on any atom is -0.378 e. The van der Waals surface area contributed by atoms with Gasteiger partial charge in [-0.15, -0.1) is 0 Å². The van der Waals surface area contributed by atoms with E-state index in [1.165, 1.54) is 0 Å². The van der Waals surface area contributed by atoms with Gasteiger partial charge in [0.05, 0.1) is 11.9 Å². The zero-order valence-corrected chi connectivity index (χ0v) is 12.2. The van der Waals surface area contributed by atoms with E-state index in [-0.39, 0.29) is 0 Å². The SMILES string of the molecule is CN(C)c1ccc(/C=N\N=C2/CCCc3nonc32)cc1. The van der Waals surface area contributed by atoms with E-state index in [0.717, 1.165) is 47.6 Å². The number of hydrogen-bond acceptors (Lipinski definition) is 6. The van der Waals surface area contributed by atoms with Crippen LogP contribution in [0.15, 0.2) is 39.1 Å². The van der Waals surface area contributed by atoms with Gasteiger partial charge in [-0.3, -0.25) is 0 Å². The molecule has 0 spiro atoms. The summed E-state index contributed by atoms with van der Waals surface area (Å²) >= 11 is 0. The van der Waals surface area contributed by atoms with Crippen LogP contribution in [0.5, 0.6) is 0 Å². The minimum absolute atomic E-state index is 0.751. The van der Waals surface area contributed by atoms with Crippen molar-refractivity contribution in [3.63, 3.8) is 0 Å². The molecular formula is C15H17N5O. The van der Waals surface area contributed by atoms with Gasteiger partial charge in [0.25, 0.3) is 0 Å². The standard InChI is InChI=1S/C15H17N5O/c1-20(2)12-8-6-11(7-9-12)10-16-17-13-4-3-5-14-15(13)19-21-18-14/h6-10H,3-5H2,1-2H3/b16-10-,17-13+. The van der Waals surface area contributed by atoms with Crippen molar-refractivity contribution in [1.29, 1.82) is 0 Å². The Morgan fingerprint density at radius 3 is 2.71 bits per heavy atom. The second-order valence-electron chi connectivity index (χ2n) is 5.19. The third-order valence-corrected chi connectivity index (χ3v) is 3.45. The molecule has 1 heterocycles. The van der Waals surface area contributed by atoms with Crippen LogP contribution in [0.2, 0.25) is 0 Å². The summed E-state index contributed by atoms with van der Waals surface area (Å²) in [6.45, 7) is 0. The molecule has 1 aliphatic carbocycles. The third-order valence-electron chi connectivity index (χ3n) is 3.45. The lowest BCUT2D eigenvalue weighted by Gasteiger charge is -2.11. The molecule has 21 heavy (non-hydrogen) atoms. The number of fused-ring (bicyclic) bond motifs is 1. The third kappa shape index (κ3) is 2.99. The number of anilines is 1. The molecule has 108 valence electrons. The Kier molecular flexibility index (Phi) is 3.77. The van der Waals surface area contributed by atoms with Crippen molar-refractivity contribution in [3.8, 4) is 0 Å². The van der Waals surface area contributed by atoms with Crippen molar-refractivity contribution < 1.29 is 4.63 Å². The van der Waals surface area contributed by atoms with E-state index in [1.807, 2.05) is 26.2 Å². The molecule has 6 heteroatoms. The highest BCUT2D eigenvalue weighted by atomic mass is 16.6. The van der Waals surface area contributed by atoms with Crippen LogP contribution in [0.3, 0.4) is 0 Å². The maximum Gasteiger partial charge on any atom is 0.154 e. The minimum atomic E-state index is 0.751. The molecule has 0 atom stereocenters. The molecule has 3 rings (SSSR count). The van der Waals surface area contributed by atoms with Crippen LogP contribution in [-0.2, 0) is 6.42 Å². The number of hydrogen-bond donors (Lipinski definition) is 0. The molecule has 0 unspecified atom stereocenters. The van der Waals surface area contributed by atoms with Gasteiger partial charge in [-0.05, 0) is 42.1 Å². The molecule has 0 amide bonds. The first-order valence-electron chi connectivity index (χ1n) is 6.93. The average Bonchev–Trinajstić information content (AvgIpc) is 2.97. The van der Waals surface area contributed by atoms with Crippen LogP contribution in [0.25, 0.3) is 0 Å². The first kappa shape index (κ1) is 13.5. The summed E-state index contributed by atoms with van der Waals surface area (Å²) in [5, 5.41) is 16.2. The van der Waals surface area contributed by atoms with Crippen molar-refractivity contribution in [2.45, 2.75) is 19.3 Å². The molecule has 2 aromatic rings. The van der Waals surface area contributed by atoms with Gasteiger partial charge in [-0.25, -0.2) is 4.63 Å². The van der Waals surface area contributed by atoms with E-state index < -0.39 is 0 Å². The topological polar surface area (TPSA) is 66.9 Å². The molecule has 0 radical (unpaired) electrons. The molecule has 0 aliphatic heterocycles. The van der Waals surface area contributed by atoms with Gasteiger partial charge in [0.2, 0.25) is 0 Å². The Balaban J connectivity index is 1.74. The van der Waals surface area contributed by atoms with Crippen LogP contribution in [0.4, 0.5) is 5.69 Å². The normalized spacial score (nSPS) is 16.4. The smallest absolute Gasteiger partial charge is 0.154 e. The van der Waals surface area contributed by atoms with Crippen molar-refractivity contribution in [1.82, 2.24) is 10.3 Å². The highest BCUT2D eigenvalue weighted by molar-refractivity contribution is 6.00. The summed E-state index contributed by atoms with van der Waals surface area (Å²) in [6, 6.07) is 8.13. The number of nitrogens with zero attached hydrogens (tertiary/aromatic N) is 5. The molecule has 1 aromatic heterocycles. The fourth-order valence-corrected chi connectivity index (χ4v) is 2.25. The number of rotatable bonds is 3. The van der Waals surface area contributed by atoms with Crippen LogP contribution in [0.1, 0.15) is 29.8 Å². The summed E-state index contributed by atoms with van der Waals surface area (Å²) in [7, 11) is 4.03. The largest absolute Gasteiger partial charge is 0.378 e. The van der Waals surface area contributed by atoms with E-state index in [0.29, 0.717) is 0 Å². The van der Waals surface area contributed by atoms with E-state index in [9.17, 15) is 0 Å². The Bertz CT molecular complexity index is 670. The second kappa shape index (κ2) is 5.87. The molecule has 1 aliphatic rings. The van der Waals surface area contributed by atoms with Crippen molar-refractivity contribution in [3.05, 3.63) is 41.2 Å². The fraction of sp³-hybridized carbons (Fsp3) is 0.333. The Morgan fingerprint density at radius 1 is 1.14 bits per heavy atom. The highest BCUT2D eigenvalue weighted by Gasteiger charge is 2.20. The lowest BCUT2D eigenvalue weighted by atomic mass is 9.99. The average molecular weight is 283 g/mol. The van der Waals surface area contributed by atoms with Crippen molar-refractivity contribution in [2.75, 3.05) is 19.0 Å². The van der Waals surface area contributed by atoms with E-state index in [4.69, 9.17) is 4.63 Å². The van der Waals surface area contributed by atoms with Gasteiger partial charge < -0.3 is 4.90 Å². The van der Waals surface area contributed by atoms with Crippen LogP contribution in [0, 0.1) is 0 Å². The first-order valence-corrected chi connectivity index (χ1v) is 6.93. The predicted molar refractivity (Wildman–Crippen MR) is 82.1 cm³/mol. The lowest BCUT2D eigenvalue weighted by molar-refractivity contribution is 0.303. The van der Waals surface area contributed by atoms with Crippen LogP contribution in [-0.4, -0.2) is 36.3 Å². The van der Waals surface area contributed by atoms with Gasteiger partial charge in [-0.1, -0.05) is 17.3 Å². The van der Waals surface area contributed by atoms with Crippen LogP contribution >= 0.6 is 0 Å². The summed E-state index contributed by atoms with van der Waals surface area (Å²) in [5.74, 6) is 0. The Morgan fingerprint density at radius 2 is 1.95 bits per heavy atom. The quantitative estimate of drug-likeness (QED) is 0.640. The maximum absolute atomic E-state index is 4.76. The number of aromatic nitrogens is 2. The van der Waals surface area contributed by atoms with Gasteiger partial charge in [0.1, 0.15) is 5.69 Å². The van der Waals surface area contributed by atoms with Gasteiger partial charge in [0.15, 0.2) is 5.69 Å². The predicted octanol–water partition coefficient (Wildman–Crippen LogP) is 2.30. The van der Waals surface area contributed by atoms with E-state index >= 15 is 0 Å². The summed E-state index contributed by atoms with van der Waals surface area (Å²) in [4.78, 5) is 2.06. The molecule has 6 nitrogen and oxygen atoms in total. The van der Waals surface area contributed by atoms with Gasteiger partial charge >= 0.3 is 0 Å².